The van der Waals surface area contributed by atoms with Crippen molar-refractivity contribution in [2.24, 2.45) is 5.92 Å². The normalized spacial score (nSPS) is 21.3. The minimum absolute atomic E-state index is 0.0414. The van der Waals surface area contributed by atoms with Crippen LogP contribution in [0.25, 0.3) is 0 Å². The summed E-state index contributed by atoms with van der Waals surface area (Å²) in [6.07, 6.45) is 2.86. The van der Waals surface area contributed by atoms with Gasteiger partial charge in [-0.2, -0.15) is 0 Å². The van der Waals surface area contributed by atoms with E-state index in [2.05, 4.69) is 0 Å². The first-order valence-corrected chi connectivity index (χ1v) is 5.61. The van der Waals surface area contributed by atoms with Crippen molar-refractivity contribution in [3.8, 4) is 0 Å². The molecule has 0 radical (unpaired) electrons. The van der Waals surface area contributed by atoms with Gasteiger partial charge in [0.25, 0.3) is 0 Å². The Morgan fingerprint density at radius 2 is 1.91 bits per heavy atom. The van der Waals surface area contributed by atoms with E-state index in [9.17, 15) is 13.2 Å². The quantitative estimate of drug-likeness (QED) is 0.625. The van der Waals surface area contributed by atoms with Crippen molar-refractivity contribution >= 4 is 15.6 Å². The molecular weight excluding hydrogens is 164 g/mol. The highest BCUT2D eigenvalue weighted by molar-refractivity contribution is 7.92. The maximum atomic E-state index is 11.2. The lowest BCUT2D eigenvalue weighted by molar-refractivity contribution is -0.119. The summed E-state index contributed by atoms with van der Waals surface area (Å²) in [6, 6.07) is 0. The number of carbonyl (C=O) groups is 1. The van der Waals surface area contributed by atoms with Crippen molar-refractivity contribution in [1.82, 2.24) is 0 Å². The van der Waals surface area contributed by atoms with E-state index >= 15 is 0 Å². The highest BCUT2D eigenvalue weighted by Crippen LogP contribution is 2.31. The summed E-state index contributed by atoms with van der Waals surface area (Å²) >= 11 is 0. The number of hydrogen-bond acceptors (Lipinski definition) is 3. The van der Waals surface area contributed by atoms with Crippen LogP contribution in [0.4, 0.5) is 0 Å². The predicted molar refractivity (Wildman–Crippen MR) is 42.0 cm³/mol. The molecule has 0 unspecified atom stereocenters. The average Bonchev–Trinajstić information content (AvgIpc) is 2.63. The molecule has 0 bridgehead atoms. The van der Waals surface area contributed by atoms with E-state index in [1.54, 1.807) is 0 Å². The van der Waals surface area contributed by atoms with Gasteiger partial charge in [-0.25, -0.2) is 8.42 Å². The smallest absolute Gasteiger partial charge is 0.157 e. The monoisotopic (exact) mass is 176 g/mol. The third-order valence-electron chi connectivity index (χ3n) is 2.02. The van der Waals surface area contributed by atoms with Gasteiger partial charge in [0.2, 0.25) is 0 Å². The molecule has 64 valence electrons. The van der Waals surface area contributed by atoms with Gasteiger partial charge in [-0.05, 0) is 19.8 Å². The maximum Gasteiger partial charge on any atom is 0.157 e. The number of ketones is 1. The fourth-order valence-electron chi connectivity index (χ4n) is 0.911. The van der Waals surface area contributed by atoms with Crippen molar-refractivity contribution in [2.75, 3.05) is 6.26 Å². The van der Waals surface area contributed by atoms with Crippen LogP contribution in [-0.2, 0) is 14.6 Å². The molecule has 0 aromatic heterocycles. The van der Waals surface area contributed by atoms with Crippen LogP contribution in [-0.4, -0.2) is 25.7 Å². The molecule has 1 atom stereocenters. The summed E-state index contributed by atoms with van der Waals surface area (Å²) in [5.74, 6) is -0.0628. The van der Waals surface area contributed by atoms with Crippen LogP contribution >= 0.6 is 0 Å². The second-order valence-corrected chi connectivity index (χ2v) is 5.51. The van der Waals surface area contributed by atoms with Gasteiger partial charge < -0.3 is 0 Å². The minimum Gasteiger partial charge on any atom is -0.298 e. The Bertz CT molecular complexity index is 261. The van der Waals surface area contributed by atoms with Gasteiger partial charge in [-0.15, -0.1) is 0 Å². The molecule has 0 spiro atoms. The Hall–Kier alpha value is -0.380. The third kappa shape index (κ3) is 2.02. The van der Waals surface area contributed by atoms with Crippen molar-refractivity contribution in [2.45, 2.75) is 25.0 Å². The molecule has 0 aromatic rings. The highest BCUT2D eigenvalue weighted by atomic mass is 32.2. The van der Waals surface area contributed by atoms with Crippen LogP contribution in [0.1, 0.15) is 19.8 Å². The average molecular weight is 176 g/mol. The van der Waals surface area contributed by atoms with Crippen LogP contribution in [0.3, 0.4) is 0 Å². The Labute approximate surface area is 66.7 Å². The molecule has 1 aliphatic carbocycles. The van der Waals surface area contributed by atoms with E-state index in [4.69, 9.17) is 0 Å². The van der Waals surface area contributed by atoms with E-state index in [0.29, 0.717) is 0 Å². The fourth-order valence-corrected chi connectivity index (χ4v) is 1.53. The van der Waals surface area contributed by atoms with Gasteiger partial charge in [0, 0.05) is 12.2 Å². The lowest BCUT2D eigenvalue weighted by Gasteiger charge is -2.05. The molecule has 0 amide bonds. The molecule has 4 heteroatoms. The van der Waals surface area contributed by atoms with Crippen LogP contribution < -0.4 is 0 Å². The SMILES string of the molecule is C[C@H](C(=O)C1CC1)S(C)(=O)=O. The van der Waals surface area contributed by atoms with Crippen LogP contribution in [0.5, 0.6) is 0 Å². The molecule has 1 saturated carbocycles. The first-order valence-electron chi connectivity index (χ1n) is 3.65. The van der Waals surface area contributed by atoms with Gasteiger partial charge in [0.15, 0.2) is 15.6 Å². The molecule has 0 aliphatic heterocycles. The zero-order chi connectivity index (χ0) is 8.65. The predicted octanol–water partition coefficient (Wildman–Crippen LogP) is 0.399. The van der Waals surface area contributed by atoms with E-state index in [-0.39, 0.29) is 11.7 Å². The Balaban J connectivity index is 2.67. The lowest BCUT2D eigenvalue weighted by Crippen LogP contribution is -2.27. The van der Waals surface area contributed by atoms with Crippen molar-refractivity contribution in [1.29, 1.82) is 0 Å². The molecular formula is C7H12O3S. The largest absolute Gasteiger partial charge is 0.298 e. The first kappa shape index (κ1) is 8.71. The van der Waals surface area contributed by atoms with Crippen LogP contribution in [0.2, 0.25) is 0 Å². The van der Waals surface area contributed by atoms with E-state index in [1.807, 2.05) is 0 Å². The van der Waals surface area contributed by atoms with Gasteiger partial charge in [0.1, 0.15) is 5.25 Å². The van der Waals surface area contributed by atoms with Gasteiger partial charge in [-0.3, -0.25) is 4.79 Å². The van der Waals surface area contributed by atoms with Crippen molar-refractivity contribution < 1.29 is 13.2 Å². The van der Waals surface area contributed by atoms with Crippen LogP contribution in [0.15, 0.2) is 0 Å². The second-order valence-electron chi connectivity index (χ2n) is 3.15. The first-order chi connectivity index (χ1) is 4.93. The Morgan fingerprint density at radius 1 is 1.45 bits per heavy atom. The summed E-state index contributed by atoms with van der Waals surface area (Å²) < 4.78 is 21.8. The van der Waals surface area contributed by atoms with Crippen LogP contribution in [0, 0.1) is 5.92 Å². The van der Waals surface area contributed by atoms with Crippen molar-refractivity contribution in [3.63, 3.8) is 0 Å². The Morgan fingerprint density at radius 3 is 2.18 bits per heavy atom. The molecule has 1 rings (SSSR count). The van der Waals surface area contributed by atoms with E-state index in [0.717, 1.165) is 19.1 Å². The molecule has 1 aliphatic rings. The highest BCUT2D eigenvalue weighted by Gasteiger charge is 2.36. The summed E-state index contributed by atoms with van der Waals surface area (Å²) in [7, 11) is -3.16. The zero-order valence-electron chi connectivity index (χ0n) is 6.70. The number of carbonyl (C=O) groups excluding carboxylic acids is 1. The molecule has 0 aromatic carbocycles. The lowest BCUT2D eigenvalue weighted by atomic mass is 10.2. The van der Waals surface area contributed by atoms with Gasteiger partial charge >= 0.3 is 0 Å². The number of rotatable bonds is 3. The molecule has 0 heterocycles. The van der Waals surface area contributed by atoms with E-state index < -0.39 is 15.1 Å². The standard InChI is InChI=1S/C7H12O3S/c1-5(11(2,9)10)7(8)6-3-4-6/h5-6H,3-4H2,1-2H3/t5-/m1/s1. The van der Waals surface area contributed by atoms with Gasteiger partial charge in [-0.1, -0.05) is 0 Å². The number of hydrogen-bond donors (Lipinski definition) is 0. The van der Waals surface area contributed by atoms with Crippen molar-refractivity contribution in [3.05, 3.63) is 0 Å². The second kappa shape index (κ2) is 2.59. The zero-order valence-corrected chi connectivity index (χ0v) is 7.52. The van der Waals surface area contributed by atoms with E-state index in [1.165, 1.54) is 6.92 Å². The third-order valence-corrected chi connectivity index (χ3v) is 3.54. The molecule has 0 N–H and O–H groups in total. The summed E-state index contributed by atoms with van der Waals surface area (Å²) in [6.45, 7) is 1.47. The molecule has 11 heavy (non-hydrogen) atoms. The molecule has 1 fully saturated rings. The maximum absolute atomic E-state index is 11.2. The molecule has 3 nitrogen and oxygen atoms in total. The van der Waals surface area contributed by atoms with Gasteiger partial charge in [0.05, 0.1) is 0 Å². The summed E-state index contributed by atoms with van der Waals surface area (Å²) in [4.78, 5) is 11.2. The number of sulfone groups is 1. The number of Topliss-reactive ketones (excluding diaryl/α,β-unsaturated/α-hetero) is 1. The minimum atomic E-state index is -3.16. The topological polar surface area (TPSA) is 51.2 Å². The molecule has 0 saturated heterocycles. The summed E-state index contributed by atoms with van der Waals surface area (Å²) in [5.41, 5.74) is 0. The fraction of sp³-hybridized carbons (Fsp3) is 0.857. The Kier molecular flexibility index (Phi) is 2.05. The summed E-state index contributed by atoms with van der Waals surface area (Å²) in [5, 5.41) is -0.796.